The van der Waals surface area contributed by atoms with E-state index in [4.69, 9.17) is 0 Å². The van der Waals surface area contributed by atoms with Gasteiger partial charge in [0, 0.05) is 18.6 Å². The van der Waals surface area contributed by atoms with E-state index in [1.165, 1.54) is 0 Å². The Labute approximate surface area is 91.5 Å². The largest absolute Gasteiger partial charge is 0.369 e. The zero-order valence-corrected chi connectivity index (χ0v) is 9.96. The molecule has 4 heteroatoms. The number of nitrogens with zero attached hydrogens (tertiary/aromatic N) is 2. The van der Waals surface area contributed by atoms with Crippen molar-refractivity contribution in [2.24, 2.45) is 0 Å². The molecule has 0 aliphatic heterocycles. The van der Waals surface area contributed by atoms with Crippen LogP contribution in [0.5, 0.6) is 0 Å². The van der Waals surface area contributed by atoms with Crippen molar-refractivity contribution in [2.75, 3.05) is 11.9 Å². The fraction of sp³-hybridized carbons (Fsp3) is 0.636. The first kappa shape index (κ1) is 11.9. The Morgan fingerprint density at radius 1 is 1.20 bits per heavy atom. The van der Waals surface area contributed by atoms with E-state index in [0.29, 0.717) is 0 Å². The average molecular weight is 208 g/mol. The summed E-state index contributed by atoms with van der Waals surface area (Å²) >= 11 is 0. The van der Waals surface area contributed by atoms with Crippen LogP contribution in [0, 0.1) is 0 Å². The zero-order chi connectivity index (χ0) is 11.3. The average Bonchev–Trinajstić information content (AvgIpc) is 2.16. The molecule has 1 aromatic rings. The van der Waals surface area contributed by atoms with Gasteiger partial charge < -0.3 is 10.6 Å². The second-order valence-corrected chi connectivity index (χ2v) is 4.54. The van der Waals surface area contributed by atoms with Crippen LogP contribution in [0.2, 0.25) is 0 Å². The van der Waals surface area contributed by atoms with E-state index in [0.717, 1.165) is 24.6 Å². The standard InChI is InChI=1S/C11H20N4/c1-5-12-10-7-6-9(14-15-10)8-13-11(2,3)4/h6-7,13H,5,8H2,1-4H3,(H,12,15). The van der Waals surface area contributed by atoms with Gasteiger partial charge >= 0.3 is 0 Å². The number of hydrogen-bond donors (Lipinski definition) is 2. The zero-order valence-electron chi connectivity index (χ0n) is 9.96. The van der Waals surface area contributed by atoms with Crippen LogP contribution in [0.1, 0.15) is 33.4 Å². The Balaban J connectivity index is 2.50. The van der Waals surface area contributed by atoms with E-state index in [1.807, 2.05) is 19.1 Å². The van der Waals surface area contributed by atoms with E-state index >= 15 is 0 Å². The van der Waals surface area contributed by atoms with Crippen molar-refractivity contribution in [3.63, 3.8) is 0 Å². The molecule has 1 aromatic heterocycles. The number of rotatable bonds is 4. The predicted molar refractivity (Wildman–Crippen MR) is 62.8 cm³/mol. The Bertz CT molecular complexity index is 286. The third-order valence-electron chi connectivity index (χ3n) is 1.88. The molecule has 0 saturated carbocycles. The molecule has 15 heavy (non-hydrogen) atoms. The van der Waals surface area contributed by atoms with Crippen LogP contribution in [0.4, 0.5) is 5.82 Å². The molecule has 0 atom stereocenters. The molecule has 84 valence electrons. The minimum Gasteiger partial charge on any atom is -0.369 e. The normalized spacial score (nSPS) is 11.5. The summed E-state index contributed by atoms with van der Waals surface area (Å²) in [4.78, 5) is 0. The van der Waals surface area contributed by atoms with Crippen molar-refractivity contribution in [3.05, 3.63) is 17.8 Å². The summed E-state index contributed by atoms with van der Waals surface area (Å²) in [5.74, 6) is 0.831. The fourth-order valence-corrected chi connectivity index (χ4v) is 1.09. The van der Waals surface area contributed by atoms with E-state index in [9.17, 15) is 0 Å². The summed E-state index contributed by atoms with van der Waals surface area (Å²) < 4.78 is 0. The number of nitrogens with one attached hydrogen (secondary N) is 2. The van der Waals surface area contributed by atoms with Gasteiger partial charge in [-0.25, -0.2) is 0 Å². The molecular formula is C11H20N4. The minimum absolute atomic E-state index is 0.113. The van der Waals surface area contributed by atoms with E-state index in [2.05, 4.69) is 41.6 Å². The first-order chi connectivity index (χ1) is 7.01. The third kappa shape index (κ3) is 4.74. The van der Waals surface area contributed by atoms with Crippen molar-refractivity contribution in [2.45, 2.75) is 39.8 Å². The second kappa shape index (κ2) is 5.07. The molecule has 0 saturated heterocycles. The lowest BCUT2D eigenvalue weighted by atomic mass is 10.1. The van der Waals surface area contributed by atoms with Crippen LogP contribution < -0.4 is 10.6 Å². The quantitative estimate of drug-likeness (QED) is 0.792. The SMILES string of the molecule is CCNc1ccc(CNC(C)(C)C)nn1. The van der Waals surface area contributed by atoms with E-state index in [1.54, 1.807) is 0 Å². The smallest absolute Gasteiger partial charge is 0.148 e. The summed E-state index contributed by atoms with van der Waals surface area (Å²) in [7, 11) is 0. The lowest BCUT2D eigenvalue weighted by molar-refractivity contribution is 0.420. The van der Waals surface area contributed by atoms with Crippen LogP contribution in [-0.4, -0.2) is 22.3 Å². The molecule has 0 aliphatic rings. The van der Waals surface area contributed by atoms with Gasteiger partial charge in [0.2, 0.25) is 0 Å². The Kier molecular flexibility index (Phi) is 4.03. The molecule has 0 radical (unpaired) electrons. The van der Waals surface area contributed by atoms with Gasteiger partial charge in [-0.05, 0) is 39.8 Å². The van der Waals surface area contributed by atoms with Crippen molar-refractivity contribution in [1.29, 1.82) is 0 Å². The molecule has 0 amide bonds. The third-order valence-corrected chi connectivity index (χ3v) is 1.88. The Hall–Kier alpha value is -1.16. The molecule has 0 aromatic carbocycles. The maximum absolute atomic E-state index is 4.13. The van der Waals surface area contributed by atoms with Crippen molar-refractivity contribution in [3.8, 4) is 0 Å². The van der Waals surface area contributed by atoms with E-state index in [-0.39, 0.29) is 5.54 Å². The molecule has 4 nitrogen and oxygen atoms in total. The van der Waals surface area contributed by atoms with Gasteiger partial charge in [0.15, 0.2) is 0 Å². The molecule has 0 spiro atoms. The Morgan fingerprint density at radius 2 is 1.93 bits per heavy atom. The minimum atomic E-state index is 0.113. The number of anilines is 1. The summed E-state index contributed by atoms with van der Waals surface area (Å²) in [5.41, 5.74) is 1.08. The first-order valence-corrected chi connectivity index (χ1v) is 5.33. The molecule has 0 fully saturated rings. The lowest BCUT2D eigenvalue weighted by Crippen LogP contribution is -2.35. The highest BCUT2D eigenvalue weighted by Gasteiger charge is 2.08. The fourth-order valence-electron chi connectivity index (χ4n) is 1.09. The van der Waals surface area contributed by atoms with Crippen LogP contribution in [0.3, 0.4) is 0 Å². The van der Waals surface area contributed by atoms with Crippen molar-refractivity contribution < 1.29 is 0 Å². The van der Waals surface area contributed by atoms with Crippen LogP contribution >= 0.6 is 0 Å². The van der Waals surface area contributed by atoms with Gasteiger partial charge in [0.1, 0.15) is 5.82 Å². The van der Waals surface area contributed by atoms with Crippen LogP contribution in [0.15, 0.2) is 12.1 Å². The van der Waals surface area contributed by atoms with Gasteiger partial charge in [-0.15, -0.1) is 5.10 Å². The van der Waals surface area contributed by atoms with Crippen LogP contribution in [-0.2, 0) is 6.54 Å². The van der Waals surface area contributed by atoms with Gasteiger partial charge in [0.25, 0.3) is 0 Å². The highest BCUT2D eigenvalue weighted by atomic mass is 15.2. The molecule has 0 aliphatic carbocycles. The Morgan fingerprint density at radius 3 is 2.40 bits per heavy atom. The summed E-state index contributed by atoms with van der Waals surface area (Å²) in [6, 6.07) is 3.94. The summed E-state index contributed by atoms with van der Waals surface area (Å²) in [5, 5.41) is 14.7. The maximum Gasteiger partial charge on any atom is 0.148 e. The van der Waals surface area contributed by atoms with Gasteiger partial charge in [-0.3, -0.25) is 0 Å². The lowest BCUT2D eigenvalue weighted by Gasteiger charge is -2.19. The van der Waals surface area contributed by atoms with Crippen molar-refractivity contribution >= 4 is 5.82 Å². The monoisotopic (exact) mass is 208 g/mol. The maximum atomic E-state index is 4.13. The highest BCUT2D eigenvalue weighted by molar-refractivity contribution is 5.32. The van der Waals surface area contributed by atoms with Crippen LogP contribution in [0.25, 0.3) is 0 Å². The summed E-state index contributed by atoms with van der Waals surface area (Å²) in [6.07, 6.45) is 0. The molecule has 0 bridgehead atoms. The van der Waals surface area contributed by atoms with E-state index < -0.39 is 0 Å². The number of hydrogen-bond acceptors (Lipinski definition) is 4. The highest BCUT2D eigenvalue weighted by Crippen LogP contribution is 2.04. The van der Waals surface area contributed by atoms with Gasteiger partial charge in [-0.2, -0.15) is 5.10 Å². The number of aromatic nitrogens is 2. The molecular weight excluding hydrogens is 188 g/mol. The van der Waals surface area contributed by atoms with Gasteiger partial charge in [-0.1, -0.05) is 0 Å². The molecule has 2 N–H and O–H groups in total. The van der Waals surface area contributed by atoms with Crippen molar-refractivity contribution in [1.82, 2.24) is 15.5 Å². The topological polar surface area (TPSA) is 49.8 Å². The summed E-state index contributed by atoms with van der Waals surface area (Å²) in [6.45, 7) is 10.1. The second-order valence-electron chi connectivity index (χ2n) is 4.54. The molecule has 0 unspecified atom stereocenters. The first-order valence-electron chi connectivity index (χ1n) is 5.33. The van der Waals surface area contributed by atoms with Gasteiger partial charge in [0.05, 0.1) is 5.69 Å². The molecule has 1 rings (SSSR count). The molecule has 1 heterocycles. The predicted octanol–water partition coefficient (Wildman–Crippen LogP) is 1.80.